The molecule has 20 heavy (non-hydrogen) atoms. The first-order valence-electron chi connectivity index (χ1n) is 6.97. The van der Waals surface area contributed by atoms with Gasteiger partial charge in [-0.3, -0.25) is 0 Å². The Hall–Kier alpha value is -0.500. The van der Waals surface area contributed by atoms with Crippen LogP contribution in [-0.4, -0.2) is 43.6 Å². The monoisotopic (exact) mass is 317 g/mol. The molecule has 1 saturated heterocycles. The van der Waals surface area contributed by atoms with Crippen LogP contribution in [0.25, 0.3) is 0 Å². The number of nitrogens with zero attached hydrogens (tertiary/aromatic N) is 2. The maximum absolute atomic E-state index is 11.6. The smallest absolute Gasteiger partial charge is 0.211 e. The number of sulfonamides is 1. The van der Waals surface area contributed by atoms with E-state index in [1.165, 1.54) is 11.1 Å². The predicted octanol–water partition coefficient (Wildman–Crippen LogP) is 1.77. The average Bonchev–Trinajstić information content (AvgIpc) is 2.82. The molecule has 5 nitrogen and oxygen atoms in total. The maximum atomic E-state index is 11.6. The summed E-state index contributed by atoms with van der Waals surface area (Å²) in [7, 11) is -3.05. The number of rotatable bonds is 5. The summed E-state index contributed by atoms with van der Waals surface area (Å²) in [6.07, 6.45) is 5.22. The lowest BCUT2D eigenvalue weighted by molar-refractivity contribution is 0.257. The Morgan fingerprint density at radius 3 is 2.95 bits per heavy atom. The first-order chi connectivity index (χ1) is 9.36. The van der Waals surface area contributed by atoms with Crippen LogP contribution in [0, 0.1) is 12.8 Å². The van der Waals surface area contributed by atoms with E-state index in [0.29, 0.717) is 19.0 Å². The molecule has 1 aliphatic rings. The summed E-state index contributed by atoms with van der Waals surface area (Å²) < 4.78 is 24.8. The van der Waals surface area contributed by atoms with Gasteiger partial charge in [0.15, 0.2) is 0 Å². The molecule has 0 bridgehead atoms. The van der Waals surface area contributed by atoms with Crippen LogP contribution in [0.5, 0.6) is 0 Å². The molecule has 0 aromatic carbocycles. The highest BCUT2D eigenvalue weighted by Gasteiger charge is 2.26. The summed E-state index contributed by atoms with van der Waals surface area (Å²) in [6.45, 7) is 6.30. The molecule has 1 fully saturated rings. The first kappa shape index (κ1) is 15.9. The zero-order valence-corrected chi connectivity index (χ0v) is 13.9. The molecule has 2 heterocycles. The standard InChI is InChI=1S/C13H23N3O2S2/c1-10-7-15-13(19-10)11(2)14-8-12-5-4-6-16(9-12)20(3,17)18/h7,11-12,14H,4-6,8-9H2,1-3H3. The van der Waals surface area contributed by atoms with E-state index in [4.69, 9.17) is 0 Å². The normalized spacial score (nSPS) is 22.9. The molecule has 114 valence electrons. The fourth-order valence-electron chi connectivity index (χ4n) is 2.50. The quantitative estimate of drug-likeness (QED) is 0.899. The van der Waals surface area contributed by atoms with Crippen LogP contribution in [0.1, 0.15) is 35.7 Å². The number of thiazole rings is 1. The Morgan fingerprint density at radius 1 is 1.60 bits per heavy atom. The Balaban J connectivity index is 1.84. The molecule has 0 radical (unpaired) electrons. The molecule has 2 atom stereocenters. The van der Waals surface area contributed by atoms with Crippen LogP contribution in [0.2, 0.25) is 0 Å². The van der Waals surface area contributed by atoms with Crippen molar-refractivity contribution in [1.29, 1.82) is 0 Å². The summed E-state index contributed by atoms with van der Waals surface area (Å²) in [4.78, 5) is 5.60. The molecule has 1 aromatic heterocycles. The van der Waals surface area contributed by atoms with Crippen molar-refractivity contribution in [2.24, 2.45) is 5.92 Å². The van der Waals surface area contributed by atoms with Gasteiger partial charge < -0.3 is 5.32 Å². The van der Waals surface area contributed by atoms with E-state index in [1.807, 2.05) is 6.20 Å². The summed E-state index contributed by atoms with van der Waals surface area (Å²) in [5, 5.41) is 4.58. The van der Waals surface area contributed by atoms with Gasteiger partial charge in [-0.2, -0.15) is 0 Å². The maximum Gasteiger partial charge on any atom is 0.211 e. The highest BCUT2D eigenvalue weighted by atomic mass is 32.2. The van der Waals surface area contributed by atoms with Crippen molar-refractivity contribution in [3.8, 4) is 0 Å². The predicted molar refractivity (Wildman–Crippen MR) is 82.4 cm³/mol. The number of nitrogens with one attached hydrogen (secondary N) is 1. The van der Waals surface area contributed by atoms with Gasteiger partial charge in [-0.05, 0) is 39.2 Å². The third kappa shape index (κ3) is 4.25. The van der Waals surface area contributed by atoms with E-state index in [-0.39, 0.29) is 6.04 Å². The number of hydrogen-bond donors (Lipinski definition) is 1. The van der Waals surface area contributed by atoms with Crippen molar-refractivity contribution in [2.45, 2.75) is 32.7 Å². The van der Waals surface area contributed by atoms with Gasteiger partial charge in [0.25, 0.3) is 0 Å². The second-order valence-electron chi connectivity index (χ2n) is 5.57. The van der Waals surface area contributed by atoms with E-state index < -0.39 is 10.0 Å². The molecule has 0 spiro atoms. The Kier molecular flexibility index (Phi) is 5.17. The SMILES string of the molecule is Cc1cnc(C(C)NCC2CCCN(S(C)(=O)=O)C2)s1. The molecular formula is C13H23N3O2S2. The number of aryl methyl sites for hydroxylation is 1. The Labute approximate surface area is 125 Å². The van der Waals surface area contributed by atoms with Crippen molar-refractivity contribution in [3.05, 3.63) is 16.1 Å². The van der Waals surface area contributed by atoms with Crippen molar-refractivity contribution >= 4 is 21.4 Å². The van der Waals surface area contributed by atoms with Crippen molar-refractivity contribution in [3.63, 3.8) is 0 Å². The van der Waals surface area contributed by atoms with E-state index in [9.17, 15) is 8.42 Å². The molecule has 0 aliphatic carbocycles. The lowest BCUT2D eigenvalue weighted by Crippen LogP contribution is -2.42. The summed E-state index contributed by atoms with van der Waals surface area (Å²) in [6, 6.07) is 0.224. The van der Waals surface area contributed by atoms with E-state index in [1.54, 1.807) is 15.6 Å². The van der Waals surface area contributed by atoms with E-state index in [2.05, 4.69) is 24.1 Å². The van der Waals surface area contributed by atoms with Crippen LogP contribution in [0.15, 0.2) is 6.20 Å². The second kappa shape index (κ2) is 6.51. The largest absolute Gasteiger partial charge is 0.308 e. The zero-order chi connectivity index (χ0) is 14.8. The van der Waals surface area contributed by atoms with Gasteiger partial charge in [-0.25, -0.2) is 17.7 Å². The van der Waals surface area contributed by atoms with Crippen LogP contribution in [0.3, 0.4) is 0 Å². The fourth-order valence-corrected chi connectivity index (χ4v) is 4.24. The molecule has 2 unspecified atom stereocenters. The van der Waals surface area contributed by atoms with Crippen molar-refractivity contribution in [2.75, 3.05) is 25.9 Å². The van der Waals surface area contributed by atoms with E-state index >= 15 is 0 Å². The molecule has 1 N–H and O–H groups in total. The minimum Gasteiger partial charge on any atom is -0.308 e. The minimum absolute atomic E-state index is 0.224. The van der Waals surface area contributed by atoms with Crippen LogP contribution in [0.4, 0.5) is 0 Å². The molecular weight excluding hydrogens is 294 g/mol. The Bertz CT molecular complexity index is 542. The Morgan fingerprint density at radius 2 is 2.35 bits per heavy atom. The molecule has 0 amide bonds. The third-order valence-electron chi connectivity index (χ3n) is 3.67. The van der Waals surface area contributed by atoms with Crippen LogP contribution in [-0.2, 0) is 10.0 Å². The molecule has 7 heteroatoms. The minimum atomic E-state index is -3.05. The number of aromatic nitrogens is 1. The highest BCUT2D eigenvalue weighted by Crippen LogP contribution is 2.21. The van der Waals surface area contributed by atoms with Gasteiger partial charge in [0.2, 0.25) is 10.0 Å². The highest BCUT2D eigenvalue weighted by molar-refractivity contribution is 7.88. The summed E-state index contributed by atoms with van der Waals surface area (Å²) in [5.74, 6) is 0.391. The molecule has 1 aromatic rings. The van der Waals surface area contributed by atoms with Gasteiger partial charge in [-0.1, -0.05) is 0 Å². The number of hydrogen-bond acceptors (Lipinski definition) is 5. The topological polar surface area (TPSA) is 62.3 Å². The van der Waals surface area contributed by atoms with Gasteiger partial charge >= 0.3 is 0 Å². The zero-order valence-electron chi connectivity index (χ0n) is 12.3. The summed E-state index contributed by atoms with van der Waals surface area (Å²) >= 11 is 1.71. The van der Waals surface area contributed by atoms with Crippen LogP contribution < -0.4 is 5.32 Å². The fraction of sp³-hybridized carbons (Fsp3) is 0.769. The molecule has 1 aliphatic heterocycles. The average molecular weight is 317 g/mol. The van der Waals surface area contributed by atoms with Crippen LogP contribution >= 0.6 is 11.3 Å². The lowest BCUT2D eigenvalue weighted by Gasteiger charge is -2.31. The molecule has 0 saturated carbocycles. The lowest BCUT2D eigenvalue weighted by atomic mass is 9.99. The first-order valence-corrected chi connectivity index (χ1v) is 9.63. The van der Waals surface area contributed by atoms with Gasteiger partial charge in [0.05, 0.1) is 12.3 Å². The summed E-state index contributed by atoms with van der Waals surface area (Å²) in [5.41, 5.74) is 0. The van der Waals surface area contributed by atoms with Gasteiger partial charge in [0, 0.05) is 24.2 Å². The van der Waals surface area contributed by atoms with Crippen molar-refractivity contribution < 1.29 is 8.42 Å². The van der Waals surface area contributed by atoms with Gasteiger partial charge in [0.1, 0.15) is 5.01 Å². The third-order valence-corrected chi connectivity index (χ3v) is 6.04. The molecule has 2 rings (SSSR count). The van der Waals surface area contributed by atoms with Gasteiger partial charge in [-0.15, -0.1) is 11.3 Å². The van der Waals surface area contributed by atoms with E-state index in [0.717, 1.165) is 24.4 Å². The number of piperidine rings is 1. The second-order valence-corrected chi connectivity index (χ2v) is 8.82. The van der Waals surface area contributed by atoms with Crippen molar-refractivity contribution in [1.82, 2.24) is 14.6 Å².